The van der Waals surface area contributed by atoms with Crippen LogP contribution < -0.4 is 0 Å². The van der Waals surface area contributed by atoms with E-state index < -0.39 is 18.7 Å². The fourth-order valence-corrected chi connectivity index (χ4v) is 1.46. The molecule has 0 heterocycles. The predicted octanol–water partition coefficient (Wildman–Crippen LogP) is -1.16. The van der Waals surface area contributed by atoms with Gasteiger partial charge in [-0.25, -0.2) is 0 Å². The summed E-state index contributed by atoms with van der Waals surface area (Å²) in [6.07, 6.45) is 1.45. The van der Waals surface area contributed by atoms with Crippen molar-refractivity contribution in [2.75, 3.05) is 13.2 Å². The number of esters is 1. The first-order valence-corrected chi connectivity index (χ1v) is 5.78. The second-order valence-electron chi connectivity index (χ2n) is 3.29. The Kier molecular flexibility index (Phi) is 19.1. The summed E-state index contributed by atoms with van der Waals surface area (Å²) >= 11 is 3.34. The molecular weight excluding hydrogens is 323 g/mol. The Bertz CT molecular complexity index is 361. The van der Waals surface area contributed by atoms with Crippen molar-refractivity contribution in [3.05, 3.63) is 21.7 Å². The van der Waals surface area contributed by atoms with Crippen LogP contribution >= 0.6 is 0 Å². The van der Waals surface area contributed by atoms with Crippen LogP contribution in [0.2, 0.25) is 0 Å². The Hall–Kier alpha value is -1.60. The van der Waals surface area contributed by atoms with Crippen molar-refractivity contribution in [2.24, 2.45) is 0 Å². The Morgan fingerprint density at radius 1 is 1.33 bits per heavy atom. The van der Waals surface area contributed by atoms with Crippen LogP contribution in [0, 0.1) is 0 Å². The molecule has 6 radical (unpaired) electrons. The zero-order valence-electron chi connectivity index (χ0n) is 11.1. The second kappa shape index (κ2) is 16.5. The van der Waals surface area contributed by atoms with E-state index in [1.54, 1.807) is 6.08 Å². The van der Waals surface area contributed by atoms with E-state index in [9.17, 15) is 4.79 Å². The van der Waals surface area contributed by atoms with Crippen molar-refractivity contribution in [3.63, 3.8) is 0 Å². The van der Waals surface area contributed by atoms with Crippen LogP contribution in [0.4, 0.5) is 0 Å². The molecule has 21 heavy (non-hydrogen) atoms. The summed E-state index contributed by atoms with van der Waals surface area (Å²) < 4.78 is 5.79. The van der Waals surface area contributed by atoms with Crippen molar-refractivity contribution in [2.45, 2.75) is 19.4 Å². The molecule has 8 heteroatoms. The van der Waals surface area contributed by atoms with Gasteiger partial charge in [0, 0.05) is 0 Å². The molecule has 0 aromatic carbocycles. The zero-order chi connectivity index (χ0) is 17.4. The van der Waals surface area contributed by atoms with Gasteiger partial charge in [0.25, 0.3) is 20.4 Å². The van der Waals surface area contributed by atoms with E-state index in [1.165, 1.54) is 0 Å². The van der Waals surface area contributed by atoms with Crippen molar-refractivity contribution < 1.29 is 50.1 Å². The van der Waals surface area contributed by atoms with Crippen LogP contribution in [0.25, 0.3) is 0 Å². The molecule has 1 aliphatic carbocycles. The molecule has 1 unspecified atom stereocenters. The fourth-order valence-electron chi connectivity index (χ4n) is 1.18. The minimum atomic E-state index is -1.01. The first kappa shape index (κ1) is 24.4. The van der Waals surface area contributed by atoms with E-state index in [4.69, 9.17) is 29.3 Å². The molecule has 1 atom stereocenters. The molecule has 0 amide bonds. The number of aliphatic hydroxyl groups is 2. The molecule has 1 rings (SSSR count). The average Bonchev–Trinajstić information content (AvgIpc) is 2.90. The molecule has 2 N–H and O–H groups in total. The number of carbonyl (C=O) groups is 1. The van der Waals surface area contributed by atoms with Gasteiger partial charge in [0.05, 0.1) is 0 Å². The first-order valence-electron chi connectivity index (χ1n) is 5.19. The van der Waals surface area contributed by atoms with Gasteiger partial charge in [-0.05, 0) is 0 Å². The van der Waals surface area contributed by atoms with Gasteiger partial charge in [-0.2, -0.15) is 0 Å². The molecule has 0 bridgehead atoms. The van der Waals surface area contributed by atoms with Gasteiger partial charge in [0.1, 0.15) is 0 Å². The Morgan fingerprint density at radius 2 is 1.81 bits per heavy atom. The maximum absolute atomic E-state index is 11.5. The summed E-state index contributed by atoms with van der Waals surface area (Å²) in [5, 5.41) is 17.5. The van der Waals surface area contributed by atoms with Gasteiger partial charge in [-0.1, -0.05) is 0 Å². The fraction of sp³-hybridized carbons (Fsp3) is 0.385. The summed E-state index contributed by atoms with van der Waals surface area (Å²) in [6, 6.07) is 0. The second-order valence-corrected chi connectivity index (χ2v) is 4.00. The summed E-state index contributed by atoms with van der Waals surface area (Å²) in [5.41, 5.74) is 1.38. The number of allylic oxidation sites excluding steroid dienone is 2. The number of hydrogen-bond acceptors (Lipinski definition) is 7. The van der Waals surface area contributed by atoms with E-state index in [0.29, 0.717) is 12.0 Å². The Labute approximate surface area is 131 Å². The van der Waals surface area contributed by atoms with Gasteiger partial charge in [-0.3, -0.25) is 14.4 Å². The molecule has 0 aromatic rings. The zero-order valence-corrected chi connectivity index (χ0v) is 12.3. The normalized spacial score (nSPS) is 13.2. The quantitative estimate of drug-likeness (QED) is 0.491. The van der Waals surface area contributed by atoms with Gasteiger partial charge < -0.3 is 0 Å². The molecule has 114 valence electrons. The maximum atomic E-state index is 11.5. The molecular formula is C13H13MnO7. The number of rotatable bonds is 4. The number of ether oxygens (including phenoxy) is 1. The van der Waals surface area contributed by atoms with E-state index in [-0.39, 0.29) is 6.61 Å². The summed E-state index contributed by atoms with van der Waals surface area (Å²) in [4.78, 5) is 34.0. The third-order valence-corrected chi connectivity index (χ3v) is 2.82. The molecule has 0 aliphatic heterocycles. The van der Waals surface area contributed by atoms with Crippen molar-refractivity contribution in [1.82, 2.24) is 0 Å². The molecule has 0 saturated carbocycles. The minimum absolute atomic E-state index is 0.183. The van der Waals surface area contributed by atoms with E-state index in [2.05, 4.69) is 36.4 Å². The smallest absolute Gasteiger partial charge is 0.281 e. The van der Waals surface area contributed by atoms with Crippen molar-refractivity contribution >= 4 is 26.3 Å². The van der Waals surface area contributed by atoms with Crippen LogP contribution in [-0.4, -0.2) is 55.9 Å². The Morgan fingerprint density at radius 3 is 2.14 bits per heavy atom. The monoisotopic (exact) mass is 336 g/mol. The van der Waals surface area contributed by atoms with Crippen LogP contribution in [0.3, 0.4) is 0 Å². The largest absolute Gasteiger partial charge is 0.281 e. The summed E-state index contributed by atoms with van der Waals surface area (Å²) in [7, 11) is 0. The summed E-state index contributed by atoms with van der Waals surface area (Å²) in [5.74, 6) is -0.463. The molecule has 0 fully saturated rings. The first-order chi connectivity index (χ1) is 10.1. The minimum Gasteiger partial charge on any atom is -0.281 e. The number of hydrogen-bond donors (Lipinski definition) is 2. The van der Waals surface area contributed by atoms with E-state index >= 15 is 0 Å². The third-order valence-electron chi connectivity index (χ3n) is 2.13. The van der Waals surface area contributed by atoms with Gasteiger partial charge in [0.2, 0.25) is 0 Å². The molecule has 0 aromatic heterocycles. The van der Waals surface area contributed by atoms with Gasteiger partial charge in [-0.15, -0.1) is 0 Å². The number of carbonyl (C=O) groups excluding carboxylic acids is 4. The van der Waals surface area contributed by atoms with E-state index in [1.807, 2.05) is 6.92 Å². The van der Waals surface area contributed by atoms with Crippen LogP contribution in [0.15, 0.2) is 21.7 Å². The Balaban J connectivity index is -0.000000478. The average molecular weight is 336 g/mol. The van der Waals surface area contributed by atoms with Crippen LogP contribution in [0.5, 0.6) is 0 Å². The van der Waals surface area contributed by atoms with Gasteiger partial charge in [0.15, 0.2) is 0 Å². The molecule has 7 nitrogen and oxygen atoms in total. The summed E-state index contributed by atoms with van der Waals surface area (Å²) in [6.45, 7) is 14.7. The SMILES string of the molecule is CC1=[C]([Mn])CC=C1C(=O)OCC(O)CO.[C]=O.[C]=O.[C]=O. The van der Waals surface area contributed by atoms with Crippen LogP contribution in [-0.2, 0) is 39.9 Å². The number of aliphatic hydroxyl groups excluding tert-OH is 2. The van der Waals surface area contributed by atoms with Crippen molar-refractivity contribution in [1.29, 1.82) is 0 Å². The molecule has 0 saturated heterocycles. The van der Waals surface area contributed by atoms with E-state index in [0.717, 1.165) is 10.0 Å². The maximum Gasteiger partial charge on any atom is 0.281 e. The third kappa shape index (κ3) is 9.86. The molecule has 1 aliphatic rings. The van der Waals surface area contributed by atoms with Crippen molar-refractivity contribution in [3.8, 4) is 0 Å². The topological polar surface area (TPSA) is 118 Å². The van der Waals surface area contributed by atoms with Gasteiger partial charge >= 0.3 is 96.1 Å². The predicted molar refractivity (Wildman–Crippen MR) is 66.5 cm³/mol. The molecule has 0 spiro atoms. The van der Waals surface area contributed by atoms with Crippen LogP contribution in [0.1, 0.15) is 13.3 Å². The standard InChI is InChI=1S/C10H13O4.3CO.Mn/c1-7-3-2-4-9(7)10(13)14-6-8(12)5-11;3*1-2;/h4,8,11-12H,2,5-6H2,1H3;;;;.